The van der Waals surface area contributed by atoms with Crippen molar-refractivity contribution in [3.8, 4) is 23.0 Å². The number of nitrogens with zero attached hydrogens (tertiary/aromatic N) is 2. The van der Waals surface area contributed by atoms with Crippen molar-refractivity contribution in [1.29, 1.82) is 0 Å². The summed E-state index contributed by atoms with van der Waals surface area (Å²) in [6.45, 7) is 20.1. The molecule has 0 bridgehead atoms. The fourth-order valence-corrected chi connectivity index (χ4v) is 12.3. The van der Waals surface area contributed by atoms with Gasteiger partial charge < -0.3 is 39.0 Å². The first-order chi connectivity index (χ1) is 27.9. The van der Waals surface area contributed by atoms with Crippen LogP contribution in [0.4, 0.5) is 0 Å². The number of aromatic hydroxyl groups is 2. The second kappa shape index (κ2) is 18.0. The first kappa shape index (κ1) is 42.6. The Morgan fingerprint density at radius 3 is 1.38 bits per heavy atom. The highest BCUT2D eigenvalue weighted by Gasteiger charge is 2.61. The number of benzene rings is 2. The summed E-state index contributed by atoms with van der Waals surface area (Å²) in [5.41, 5.74) is 1.42. The van der Waals surface area contributed by atoms with E-state index in [1.165, 1.54) is 39.9 Å². The number of piperidine rings is 2. The Bertz CT molecular complexity index is 1620. The third-order valence-electron chi connectivity index (χ3n) is 15.6. The number of rotatable bonds is 14. The molecular weight excluding hydrogens is 733 g/mol. The summed E-state index contributed by atoms with van der Waals surface area (Å²) in [7, 11) is 3.00. The number of unbranched alkanes of at least 4 members (excludes halogenated alkanes) is 2. The molecule has 2 N–H and O–H groups in total. The summed E-state index contributed by atoms with van der Waals surface area (Å²) in [5, 5.41) is 21.3. The molecule has 58 heavy (non-hydrogen) atoms. The number of fused-ring (bicyclic) bond motifs is 2. The molecule has 0 aromatic heterocycles. The number of likely N-dealkylation sites (tertiary alicyclic amines) is 2. The van der Waals surface area contributed by atoms with Gasteiger partial charge in [-0.05, 0) is 122 Å². The second-order valence-corrected chi connectivity index (χ2v) is 18.9. The van der Waals surface area contributed by atoms with Crippen molar-refractivity contribution in [2.45, 2.75) is 104 Å². The van der Waals surface area contributed by atoms with Crippen molar-refractivity contribution < 1.29 is 38.7 Å². The van der Waals surface area contributed by atoms with Gasteiger partial charge in [0.2, 0.25) is 0 Å². The van der Waals surface area contributed by atoms with Gasteiger partial charge in [0.25, 0.3) is 0 Å². The van der Waals surface area contributed by atoms with Gasteiger partial charge in [0.1, 0.15) is 12.2 Å². The molecule has 7 rings (SSSR count). The summed E-state index contributed by atoms with van der Waals surface area (Å²) >= 11 is 0. The summed E-state index contributed by atoms with van der Waals surface area (Å²) in [4.78, 5) is 35.1. The zero-order valence-corrected chi connectivity index (χ0v) is 36.3. The standard InChI is InChI=1S/C48H70N2O8/c1-9-11-17-49-23-27(3)33-21-39(29(5)35(33)25-49)57-47(53)45-43(31-13-15-37(51)41(19-31)55-7)46(44(45)32-14-16-38(52)42(20-32)56-8)48(54)58-40-22-34-28(4)24-50(18-12-10-2)26-36(34)30(40)6/h13-16,19-20,27-30,33-36,39-40,43-46,51-52H,9-12,17-18,21-26H2,1-8H3/t27-,28-,29-,30-,33-,34-,35-,36-,39+,40+,43?,44?,45?,46?/m0/s1. The van der Waals surface area contributed by atoms with Crippen LogP contribution in [0.1, 0.15) is 103 Å². The number of phenolic OH excluding ortho intramolecular Hbond substituents is 2. The van der Waals surface area contributed by atoms with E-state index >= 15 is 0 Å². The minimum absolute atomic E-state index is 0.0161. The van der Waals surface area contributed by atoms with Crippen LogP contribution in [0.2, 0.25) is 0 Å². The maximum absolute atomic E-state index is 15.0. The normalized spacial score (nSPS) is 36.1. The Balaban J connectivity index is 1.20. The molecule has 10 nitrogen and oxygen atoms in total. The lowest BCUT2D eigenvalue weighted by Crippen LogP contribution is -2.53. The quantitative estimate of drug-likeness (QED) is 0.182. The average Bonchev–Trinajstić information content (AvgIpc) is 3.68. The molecule has 5 fully saturated rings. The minimum atomic E-state index is -0.731. The van der Waals surface area contributed by atoms with Gasteiger partial charge >= 0.3 is 11.9 Å². The Labute approximate surface area is 346 Å². The molecule has 2 heterocycles. The lowest BCUT2D eigenvalue weighted by Gasteiger charge is -2.50. The monoisotopic (exact) mass is 803 g/mol. The van der Waals surface area contributed by atoms with Gasteiger partial charge in [-0.15, -0.1) is 0 Å². The zero-order chi connectivity index (χ0) is 41.4. The van der Waals surface area contributed by atoms with E-state index in [4.69, 9.17) is 18.9 Å². The molecule has 0 radical (unpaired) electrons. The van der Waals surface area contributed by atoms with E-state index in [1.54, 1.807) is 36.4 Å². The molecule has 320 valence electrons. The Morgan fingerprint density at radius 1 is 0.621 bits per heavy atom. The van der Waals surface area contributed by atoms with Crippen LogP contribution in [0.15, 0.2) is 36.4 Å². The summed E-state index contributed by atoms with van der Waals surface area (Å²) in [6.07, 6.45) is 5.94. The van der Waals surface area contributed by atoms with E-state index in [0.29, 0.717) is 46.6 Å². The predicted molar refractivity (Wildman–Crippen MR) is 224 cm³/mol. The number of hydrogen-bond acceptors (Lipinski definition) is 10. The Morgan fingerprint density at radius 2 is 1.02 bits per heavy atom. The van der Waals surface area contributed by atoms with Crippen LogP contribution < -0.4 is 9.47 Å². The van der Waals surface area contributed by atoms with Crippen molar-refractivity contribution in [1.82, 2.24) is 9.80 Å². The molecule has 3 saturated carbocycles. The molecule has 3 aliphatic carbocycles. The maximum atomic E-state index is 15.0. The SMILES string of the molecule is CCCCN1C[C@H]2[C@H](C)[C@H](OC(=O)C3C(c4ccc(O)c(OC)c4)C(C(=O)O[C@@H]4C[C@@H]5[C@@H](CN(CCCC)C[C@@H]5C)[C@@H]4C)C3c3ccc(O)c(OC)c3)C[C@H]2[C@@H](C)C1. The number of phenols is 2. The van der Waals surface area contributed by atoms with Crippen LogP contribution in [0.3, 0.4) is 0 Å². The predicted octanol–water partition coefficient (Wildman–Crippen LogP) is 8.10. The van der Waals surface area contributed by atoms with E-state index in [9.17, 15) is 19.8 Å². The van der Waals surface area contributed by atoms with Crippen LogP contribution >= 0.6 is 0 Å². The van der Waals surface area contributed by atoms with Crippen molar-refractivity contribution in [2.75, 3.05) is 53.5 Å². The van der Waals surface area contributed by atoms with Gasteiger partial charge in [0.15, 0.2) is 23.0 Å². The molecule has 10 heteroatoms. The van der Waals surface area contributed by atoms with E-state index in [-0.39, 0.29) is 59.0 Å². The van der Waals surface area contributed by atoms with Gasteiger partial charge in [-0.3, -0.25) is 9.59 Å². The highest BCUT2D eigenvalue weighted by molar-refractivity contribution is 5.86. The van der Waals surface area contributed by atoms with Crippen molar-refractivity contribution in [2.24, 2.45) is 59.2 Å². The molecule has 0 amide bonds. The fourth-order valence-electron chi connectivity index (χ4n) is 12.3. The molecule has 5 aliphatic rings. The van der Waals surface area contributed by atoms with Crippen molar-refractivity contribution >= 4 is 11.9 Å². The molecule has 2 aliphatic heterocycles. The minimum Gasteiger partial charge on any atom is -0.504 e. The molecule has 2 aromatic rings. The first-order valence-corrected chi connectivity index (χ1v) is 22.5. The first-order valence-electron chi connectivity index (χ1n) is 22.5. The number of ether oxygens (including phenoxy) is 4. The largest absolute Gasteiger partial charge is 0.504 e. The summed E-state index contributed by atoms with van der Waals surface area (Å²) < 4.78 is 24.4. The van der Waals surface area contributed by atoms with Crippen molar-refractivity contribution in [3.63, 3.8) is 0 Å². The number of esters is 2. The fraction of sp³-hybridized carbons (Fsp3) is 0.708. The summed E-state index contributed by atoms with van der Waals surface area (Å²) in [5.74, 6) is 0.535. The lowest BCUT2D eigenvalue weighted by atomic mass is 9.52. The smallest absolute Gasteiger partial charge is 0.310 e. The highest BCUT2D eigenvalue weighted by Crippen LogP contribution is 2.61. The van der Waals surface area contributed by atoms with Gasteiger partial charge in [0.05, 0.1) is 26.1 Å². The summed E-state index contributed by atoms with van der Waals surface area (Å²) in [6, 6.07) is 10.2. The number of hydrogen-bond donors (Lipinski definition) is 2. The number of carbonyl (C=O) groups is 2. The van der Waals surface area contributed by atoms with Gasteiger partial charge in [-0.1, -0.05) is 66.5 Å². The highest BCUT2D eigenvalue weighted by atomic mass is 16.6. The second-order valence-electron chi connectivity index (χ2n) is 18.9. The zero-order valence-electron chi connectivity index (χ0n) is 36.3. The van der Waals surface area contributed by atoms with E-state index < -0.39 is 23.7 Å². The molecular formula is C48H70N2O8. The topological polar surface area (TPSA) is 118 Å². The van der Waals surface area contributed by atoms with Gasteiger partial charge in [-0.25, -0.2) is 0 Å². The van der Waals surface area contributed by atoms with Crippen molar-refractivity contribution in [3.05, 3.63) is 47.5 Å². The molecule has 2 saturated heterocycles. The lowest BCUT2D eigenvalue weighted by molar-refractivity contribution is -0.175. The number of methoxy groups -OCH3 is 2. The van der Waals surface area contributed by atoms with E-state index in [0.717, 1.165) is 52.1 Å². The Hall–Kier alpha value is -3.50. The number of carbonyl (C=O) groups excluding carboxylic acids is 2. The average molecular weight is 803 g/mol. The van der Waals surface area contributed by atoms with Crippen LogP contribution in [-0.2, 0) is 19.1 Å². The molecule has 0 spiro atoms. The van der Waals surface area contributed by atoms with Crippen LogP contribution in [-0.4, -0.2) is 97.6 Å². The molecule has 0 unspecified atom stereocenters. The molecule has 2 aromatic carbocycles. The Kier molecular flexibility index (Phi) is 13.2. The van der Waals surface area contributed by atoms with Gasteiger partial charge in [-0.2, -0.15) is 0 Å². The van der Waals surface area contributed by atoms with E-state index in [1.807, 2.05) is 0 Å². The third-order valence-corrected chi connectivity index (χ3v) is 15.6. The van der Waals surface area contributed by atoms with Crippen LogP contribution in [0.25, 0.3) is 0 Å². The third kappa shape index (κ3) is 8.18. The molecule has 10 atom stereocenters. The van der Waals surface area contributed by atoms with Crippen LogP contribution in [0.5, 0.6) is 23.0 Å². The van der Waals surface area contributed by atoms with Crippen LogP contribution in [0, 0.1) is 59.2 Å². The maximum Gasteiger partial charge on any atom is 0.310 e. The van der Waals surface area contributed by atoms with E-state index in [2.05, 4.69) is 51.3 Å². The van der Waals surface area contributed by atoms with Gasteiger partial charge in [0, 0.05) is 38.0 Å².